The topological polar surface area (TPSA) is 65.0 Å². The van der Waals surface area contributed by atoms with Gasteiger partial charge in [0, 0.05) is 5.41 Å². The number of carboxylic acid groups (broad SMARTS) is 1. The van der Waals surface area contributed by atoms with E-state index >= 15 is 0 Å². The third-order valence-corrected chi connectivity index (χ3v) is 8.82. The summed E-state index contributed by atoms with van der Waals surface area (Å²) in [5.74, 6) is 0.239. The second-order valence-corrected chi connectivity index (χ2v) is 10.7. The zero-order chi connectivity index (χ0) is 28.4. The highest BCUT2D eigenvalue weighted by Gasteiger charge is 2.51. The largest absolute Gasteiger partial charge is 0.497 e. The molecule has 2 atom stereocenters. The van der Waals surface area contributed by atoms with E-state index in [1.807, 2.05) is 66.7 Å². The summed E-state index contributed by atoms with van der Waals surface area (Å²) in [7, 11) is 3.25. The summed E-state index contributed by atoms with van der Waals surface area (Å²) in [4.78, 5) is 12.3. The van der Waals surface area contributed by atoms with Gasteiger partial charge in [-0.1, -0.05) is 90.3 Å². The number of aromatic carboxylic acids is 1. The van der Waals surface area contributed by atoms with Crippen molar-refractivity contribution in [2.75, 3.05) is 14.2 Å². The normalized spacial score (nSPS) is 18.3. The Morgan fingerprint density at radius 2 is 1.59 bits per heavy atom. The third-order valence-electron chi connectivity index (χ3n) is 7.40. The minimum absolute atomic E-state index is 0.000804. The summed E-state index contributed by atoms with van der Waals surface area (Å²) in [6.45, 7) is 3.72. The molecule has 0 aromatic heterocycles. The summed E-state index contributed by atoms with van der Waals surface area (Å²) in [5.41, 5.74) is 0.758. The van der Waals surface area contributed by atoms with Gasteiger partial charge >= 0.3 is 5.97 Å². The predicted molar refractivity (Wildman–Crippen MR) is 155 cm³/mol. The van der Waals surface area contributed by atoms with Crippen LogP contribution in [0.3, 0.4) is 0 Å². The van der Waals surface area contributed by atoms with Crippen molar-refractivity contribution in [3.05, 3.63) is 121 Å². The van der Waals surface area contributed by atoms with Crippen LogP contribution in [0.2, 0.25) is 15.1 Å². The van der Waals surface area contributed by atoms with Crippen LogP contribution in [0.4, 0.5) is 0 Å². The highest BCUT2D eigenvalue weighted by Crippen LogP contribution is 2.54. The van der Waals surface area contributed by atoms with Crippen molar-refractivity contribution in [1.82, 2.24) is 0 Å². The van der Waals surface area contributed by atoms with Crippen molar-refractivity contribution < 1.29 is 24.1 Å². The molecule has 1 aliphatic rings. The fourth-order valence-corrected chi connectivity index (χ4v) is 5.97. The van der Waals surface area contributed by atoms with E-state index in [-0.39, 0.29) is 27.2 Å². The van der Waals surface area contributed by atoms with E-state index in [0.717, 1.165) is 16.9 Å². The van der Waals surface area contributed by atoms with Gasteiger partial charge in [-0.15, -0.1) is 0 Å². The average Bonchev–Trinajstić information content (AvgIpc) is 2.95. The summed E-state index contributed by atoms with van der Waals surface area (Å²) in [6.07, 6.45) is 6.61. The molecule has 0 amide bonds. The fraction of sp³-hybridized carbons (Fsp3) is 0.258. The smallest absolute Gasteiger partial charge is 0.337 e. The van der Waals surface area contributed by atoms with E-state index in [0.29, 0.717) is 23.3 Å². The van der Waals surface area contributed by atoms with Gasteiger partial charge in [0.15, 0.2) is 0 Å². The first-order valence-electron chi connectivity index (χ1n) is 12.3. The van der Waals surface area contributed by atoms with Crippen molar-refractivity contribution >= 4 is 40.8 Å². The van der Waals surface area contributed by atoms with Crippen molar-refractivity contribution in [3.63, 3.8) is 0 Å². The lowest BCUT2D eigenvalue weighted by Gasteiger charge is -2.48. The summed E-state index contributed by atoms with van der Waals surface area (Å²) in [5, 5.41) is 10.1. The molecule has 2 unspecified atom stereocenters. The minimum atomic E-state index is -1.22. The molecule has 1 N–H and O–H groups in total. The van der Waals surface area contributed by atoms with E-state index < -0.39 is 17.0 Å². The maximum absolute atomic E-state index is 12.3. The molecule has 8 heteroatoms. The second kappa shape index (κ2) is 11.6. The van der Waals surface area contributed by atoms with Gasteiger partial charge in [-0.25, -0.2) is 4.79 Å². The molecule has 204 valence electrons. The van der Waals surface area contributed by atoms with Crippen LogP contribution >= 0.6 is 34.8 Å². The van der Waals surface area contributed by atoms with Gasteiger partial charge in [0.05, 0.1) is 41.5 Å². The number of methoxy groups -OCH3 is 2. The van der Waals surface area contributed by atoms with Crippen LogP contribution in [-0.4, -0.2) is 25.3 Å². The molecule has 4 rings (SSSR count). The molecule has 0 fully saturated rings. The van der Waals surface area contributed by atoms with Crippen LogP contribution in [0.15, 0.2) is 78.6 Å². The van der Waals surface area contributed by atoms with Crippen molar-refractivity contribution in [2.45, 2.75) is 32.5 Å². The van der Waals surface area contributed by atoms with Gasteiger partial charge in [0.2, 0.25) is 0 Å². The molecule has 1 aliphatic carbocycles. The molecule has 0 saturated carbocycles. The van der Waals surface area contributed by atoms with Gasteiger partial charge in [0.1, 0.15) is 17.1 Å². The summed E-state index contributed by atoms with van der Waals surface area (Å²) in [6, 6.07) is 17.5. The lowest BCUT2D eigenvalue weighted by Crippen LogP contribution is -2.46. The van der Waals surface area contributed by atoms with E-state index in [9.17, 15) is 9.90 Å². The van der Waals surface area contributed by atoms with E-state index in [4.69, 9.17) is 49.0 Å². The molecule has 39 heavy (non-hydrogen) atoms. The number of carboxylic acids is 1. The molecule has 0 spiro atoms. The van der Waals surface area contributed by atoms with Crippen LogP contribution in [0.25, 0.3) is 0 Å². The summed E-state index contributed by atoms with van der Waals surface area (Å²) >= 11 is 19.2. The number of hydrogen-bond donors (Lipinski definition) is 1. The van der Waals surface area contributed by atoms with E-state index in [1.54, 1.807) is 21.1 Å². The molecule has 0 bridgehead atoms. The Hall–Kier alpha value is -2.96. The Balaban J connectivity index is 1.98. The molecule has 3 aromatic carbocycles. The van der Waals surface area contributed by atoms with E-state index in [2.05, 4.69) is 13.0 Å². The van der Waals surface area contributed by atoms with Gasteiger partial charge < -0.3 is 19.3 Å². The van der Waals surface area contributed by atoms with Crippen LogP contribution in [0, 0.1) is 12.3 Å². The van der Waals surface area contributed by atoms with Gasteiger partial charge in [-0.2, -0.15) is 0 Å². The zero-order valence-electron chi connectivity index (χ0n) is 22.1. The fourth-order valence-electron chi connectivity index (χ4n) is 5.19. The molecule has 0 saturated heterocycles. The predicted octanol–water partition coefficient (Wildman–Crippen LogP) is 8.62. The van der Waals surface area contributed by atoms with Crippen molar-refractivity contribution in [2.24, 2.45) is 5.41 Å². The Morgan fingerprint density at radius 3 is 2.13 bits per heavy atom. The van der Waals surface area contributed by atoms with Gasteiger partial charge in [-0.3, -0.25) is 0 Å². The first kappa shape index (κ1) is 29.0. The Kier molecular flexibility index (Phi) is 8.67. The maximum Gasteiger partial charge on any atom is 0.337 e. The number of allylic oxidation sites excluding steroid dienone is 2. The number of carbonyl (C=O) groups is 1. The minimum Gasteiger partial charge on any atom is -0.497 e. The summed E-state index contributed by atoms with van der Waals surface area (Å²) < 4.78 is 17.9. The lowest BCUT2D eigenvalue weighted by atomic mass is 9.63. The number of ether oxygens (including phenoxy) is 3. The van der Waals surface area contributed by atoms with Crippen LogP contribution in [0.1, 0.15) is 46.0 Å². The van der Waals surface area contributed by atoms with Crippen LogP contribution < -0.4 is 4.74 Å². The maximum atomic E-state index is 12.3. The average molecular weight is 588 g/mol. The number of hydrogen-bond acceptors (Lipinski definition) is 4. The van der Waals surface area contributed by atoms with Crippen LogP contribution in [-0.2, 0) is 21.7 Å². The van der Waals surface area contributed by atoms with Gasteiger partial charge in [-0.05, 0) is 59.9 Å². The number of halogens is 3. The molecule has 0 heterocycles. The van der Waals surface area contributed by atoms with Gasteiger partial charge in [0.25, 0.3) is 0 Å². The monoisotopic (exact) mass is 586 g/mol. The number of rotatable bonds is 9. The Morgan fingerprint density at radius 1 is 0.949 bits per heavy atom. The molecule has 5 nitrogen and oxygen atoms in total. The first-order valence-corrected chi connectivity index (χ1v) is 13.4. The zero-order valence-corrected chi connectivity index (χ0v) is 24.3. The molecule has 3 aromatic rings. The SMILES string of the molecule is COC1=CCC(C)(C(OCc2c(C)c(Cl)c(Cl)c(Cl)c2C(=O)O)(c2ccccc2)c2ccc(OC)cc2)C=C1. The second-order valence-electron chi connectivity index (χ2n) is 9.56. The highest BCUT2D eigenvalue weighted by molar-refractivity contribution is 6.49. The highest BCUT2D eigenvalue weighted by atomic mass is 35.5. The van der Waals surface area contributed by atoms with Crippen molar-refractivity contribution in [1.29, 1.82) is 0 Å². The molecular formula is C31H29Cl3O5. The molecule has 0 aliphatic heterocycles. The molecular weight excluding hydrogens is 559 g/mol. The third kappa shape index (κ3) is 5.17. The Bertz CT molecular complexity index is 1430. The van der Waals surface area contributed by atoms with Crippen LogP contribution in [0.5, 0.6) is 5.75 Å². The molecule has 0 radical (unpaired) electrons. The number of benzene rings is 3. The standard InChI is InChI=1S/C31H29Cl3O5/c1-19-24(25(29(35)36)27(33)28(34)26(19)32)18-39-31(20-8-6-5-7-9-20,21-10-12-22(37-3)13-11-21)30(2)16-14-23(38-4)15-17-30/h5-16H,17-18H2,1-4H3,(H,35,36). The quantitative estimate of drug-likeness (QED) is 0.254. The van der Waals surface area contributed by atoms with Crippen molar-refractivity contribution in [3.8, 4) is 5.75 Å². The lowest BCUT2D eigenvalue weighted by molar-refractivity contribution is -0.0979. The van der Waals surface area contributed by atoms with E-state index in [1.165, 1.54) is 0 Å². The first-order chi connectivity index (χ1) is 18.6. The Labute approximate surface area is 243 Å².